The first-order valence-electron chi connectivity index (χ1n) is 10.1. The van der Waals surface area contributed by atoms with Crippen LogP contribution in [0.3, 0.4) is 0 Å². The van der Waals surface area contributed by atoms with E-state index >= 15 is 0 Å². The lowest BCUT2D eigenvalue weighted by molar-refractivity contribution is -0.132. The van der Waals surface area contributed by atoms with Crippen molar-refractivity contribution in [2.45, 2.75) is 26.3 Å². The molecule has 2 aromatic carbocycles. The first-order valence-corrected chi connectivity index (χ1v) is 10.9. The molecule has 0 saturated carbocycles. The second-order valence-corrected chi connectivity index (χ2v) is 8.30. The minimum absolute atomic E-state index is 0.0137. The Morgan fingerprint density at radius 3 is 2.44 bits per heavy atom. The van der Waals surface area contributed by atoms with Gasteiger partial charge in [0.05, 0.1) is 18.2 Å². The number of nitrogens with zero attached hydrogens (tertiary/aromatic N) is 2. The number of aliphatic hydroxyl groups is 1. The number of anilines is 1. The van der Waals surface area contributed by atoms with E-state index in [2.05, 4.69) is 21.1 Å². The zero-order valence-electron chi connectivity index (χ0n) is 17.5. The highest BCUT2D eigenvalue weighted by Crippen LogP contribution is 2.42. The molecule has 0 spiro atoms. The highest BCUT2D eigenvalue weighted by Gasteiger charge is 2.48. The zero-order chi connectivity index (χ0) is 22.8. The SMILES string of the molecule is CCCOc1ccc(C2/C(=C(\O)c3ccc(Br)cc3)C(=O)C(=O)N2c2cc(C)on2)cc1. The first-order chi connectivity index (χ1) is 15.4. The van der Waals surface area contributed by atoms with E-state index in [4.69, 9.17) is 9.26 Å². The van der Waals surface area contributed by atoms with E-state index in [0.29, 0.717) is 29.2 Å². The minimum Gasteiger partial charge on any atom is -0.507 e. The molecule has 1 aliphatic rings. The van der Waals surface area contributed by atoms with Crippen molar-refractivity contribution in [1.82, 2.24) is 5.16 Å². The Labute approximate surface area is 193 Å². The lowest BCUT2D eigenvalue weighted by Crippen LogP contribution is -2.29. The number of carbonyl (C=O) groups excluding carboxylic acids is 2. The molecule has 1 unspecified atom stereocenters. The van der Waals surface area contributed by atoms with Gasteiger partial charge in [0.25, 0.3) is 5.78 Å². The van der Waals surface area contributed by atoms with Crippen LogP contribution in [0, 0.1) is 6.92 Å². The average molecular weight is 497 g/mol. The molecule has 1 aromatic heterocycles. The number of amides is 1. The Hall–Kier alpha value is -3.39. The molecular weight excluding hydrogens is 476 g/mol. The maximum atomic E-state index is 13.1. The average Bonchev–Trinajstić information content (AvgIpc) is 3.33. The van der Waals surface area contributed by atoms with Crippen molar-refractivity contribution < 1.29 is 24.0 Å². The summed E-state index contributed by atoms with van der Waals surface area (Å²) >= 11 is 3.36. The number of ether oxygens (including phenoxy) is 1. The van der Waals surface area contributed by atoms with Crippen molar-refractivity contribution in [2.24, 2.45) is 0 Å². The van der Waals surface area contributed by atoms with Crippen LogP contribution in [0.25, 0.3) is 5.76 Å². The van der Waals surface area contributed by atoms with Crippen LogP contribution >= 0.6 is 15.9 Å². The van der Waals surface area contributed by atoms with Gasteiger partial charge in [0, 0.05) is 16.1 Å². The number of aliphatic hydroxyl groups excluding tert-OH is 1. The summed E-state index contributed by atoms with van der Waals surface area (Å²) in [5.74, 6) is -0.448. The van der Waals surface area contributed by atoms with E-state index in [0.717, 1.165) is 10.9 Å². The van der Waals surface area contributed by atoms with Gasteiger partial charge in [-0.1, -0.05) is 52.3 Å². The number of benzene rings is 2. The molecule has 1 aliphatic heterocycles. The highest BCUT2D eigenvalue weighted by atomic mass is 79.9. The summed E-state index contributed by atoms with van der Waals surface area (Å²) in [6.07, 6.45) is 0.876. The van der Waals surface area contributed by atoms with Gasteiger partial charge < -0.3 is 14.4 Å². The number of hydrogen-bond acceptors (Lipinski definition) is 6. The molecule has 1 atom stereocenters. The van der Waals surface area contributed by atoms with Gasteiger partial charge in [0.1, 0.15) is 17.3 Å². The molecule has 1 amide bonds. The maximum Gasteiger partial charge on any atom is 0.301 e. The summed E-state index contributed by atoms with van der Waals surface area (Å²) in [6.45, 7) is 4.30. The summed E-state index contributed by atoms with van der Waals surface area (Å²) in [6, 6.07) is 14.7. The summed E-state index contributed by atoms with van der Waals surface area (Å²) in [4.78, 5) is 27.3. The second kappa shape index (κ2) is 9.00. The van der Waals surface area contributed by atoms with E-state index in [1.54, 1.807) is 61.5 Å². The number of carbonyl (C=O) groups is 2. The van der Waals surface area contributed by atoms with Crippen LogP contribution in [0.5, 0.6) is 5.75 Å². The molecule has 4 rings (SSSR count). The first kappa shape index (κ1) is 21.8. The molecule has 8 heteroatoms. The van der Waals surface area contributed by atoms with Crippen molar-refractivity contribution >= 4 is 39.2 Å². The predicted molar refractivity (Wildman–Crippen MR) is 122 cm³/mol. The Bertz CT molecular complexity index is 1180. The molecule has 3 aromatic rings. The largest absolute Gasteiger partial charge is 0.507 e. The minimum atomic E-state index is -0.872. The van der Waals surface area contributed by atoms with Gasteiger partial charge in [-0.25, -0.2) is 0 Å². The van der Waals surface area contributed by atoms with E-state index in [1.165, 1.54) is 4.90 Å². The van der Waals surface area contributed by atoms with Gasteiger partial charge in [-0.3, -0.25) is 14.5 Å². The molecule has 1 N–H and O–H groups in total. The summed E-state index contributed by atoms with van der Waals surface area (Å²) < 4.78 is 11.6. The molecular formula is C24H21BrN2O5. The monoisotopic (exact) mass is 496 g/mol. The molecule has 7 nitrogen and oxygen atoms in total. The quantitative estimate of drug-likeness (QED) is 0.287. The van der Waals surface area contributed by atoms with Crippen molar-refractivity contribution in [3.05, 3.63) is 81.5 Å². The fourth-order valence-electron chi connectivity index (χ4n) is 3.58. The van der Waals surface area contributed by atoms with Crippen molar-refractivity contribution in [2.75, 3.05) is 11.5 Å². The van der Waals surface area contributed by atoms with Crippen molar-refractivity contribution in [3.8, 4) is 5.75 Å². The van der Waals surface area contributed by atoms with Crippen LogP contribution in [-0.4, -0.2) is 28.6 Å². The third-order valence-electron chi connectivity index (χ3n) is 5.09. The Morgan fingerprint density at radius 2 is 1.84 bits per heavy atom. The molecule has 164 valence electrons. The fraction of sp³-hybridized carbons (Fsp3) is 0.208. The number of Topliss-reactive ketones (excluding diaryl/α,β-unsaturated/α-hetero) is 1. The molecule has 1 fully saturated rings. The number of aryl methyl sites for hydroxylation is 1. The molecule has 0 bridgehead atoms. The highest BCUT2D eigenvalue weighted by molar-refractivity contribution is 9.10. The number of halogens is 1. The second-order valence-electron chi connectivity index (χ2n) is 7.39. The lowest BCUT2D eigenvalue weighted by atomic mass is 9.95. The number of ketones is 1. The van der Waals surface area contributed by atoms with Crippen LogP contribution in [-0.2, 0) is 9.59 Å². The third kappa shape index (κ3) is 4.05. The smallest absolute Gasteiger partial charge is 0.301 e. The Morgan fingerprint density at radius 1 is 1.16 bits per heavy atom. The van der Waals surface area contributed by atoms with Gasteiger partial charge in [-0.2, -0.15) is 0 Å². The standard InChI is InChI=1S/C24H21BrN2O5/c1-3-12-31-18-10-6-15(7-11-18)21-20(22(28)16-4-8-17(25)9-5-16)23(29)24(30)27(21)19-13-14(2)32-26-19/h4-11,13,21,28H,3,12H2,1-2H3/b22-20+. The maximum absolute atomic E-state index is 13.1. The number of rotatable bonds is 6. The topological polar surface area (TPSA) is 92.9 Å². The van der Waals surface area contributed by atoms with E-state index in [1.807, 2.05) is 6.92 Å². The van der Waals surface area contributed by atoms with Gasteiger partial charge in [-0.15, -0.1) is 0 Å². The van der Waals surface area contributed by atoms with Crippen molar-refractivity contribution in [1.29, 1.82) is 0 Å². The summed E-state index contributed by atoms with van der Waals surface area (Å²) in [5.41, 5.74) is 1.04. The van der Waals surface area contributed by atoms with Crippen LogP contribution in [0.2, 0.25) is 0 Å². The van der Waals surface area contributed by atoms with Crippen LogP contribution in [0.15, 0.2) is 69.2 Å². The third-order valence-corrected chi connectivity index (χ3v) is 5.62. The predicted octanol–water partition coefficient (Wildman–Crippen LogP) is 5.16. The van der Waals surface area contributed by atoms with E-state index < -0.39 is 17.7 Å². The summed E-state index contributed by atoms with van der Waals surface area (Å²) in [7, 11) is 0. The Balaban J connectivity index is 1.85. The lowest BCUT2D eigenvalue weighted by Gasteiger charge is -2.23. The number of hydrogen-bond donors (Lipinski definition) is 1. The van der Waals surface area contributed by atoms with Crippen molar-refractivity contribution in [3.63, 3.8) is 0 Å². The van der Waals surface area contributed by atoms with Gasteiger partial charge in [-0.05, 0) is 43.2 Å². The molecule has 32 heavy (non-hydrogen) atoms. The van der Waals surface area contributed by atoms with E-state index in [9.17, 15) is 14.7 Å². The molecule has 1 saturated heterocycles. The normalized spacial score (nSPS) is 17.7. The molecule has 0 radical (unpaired) electrons. The number of aromatic nitrogens is 1. The van der Waals surface area contributed by atoms with Gasteiger partial charge >= 0.3 is 5.91 Å². The van der Waals surface area contributed by atoms with Crippen LogP contribution in [0.4, 0.5) is 5.82 Å². The Kier molecular flexibility index (Phi) is 6.14. The van der Waals surface area contributed by atoms with Crippen LogP contribution in [0.1, 0.15) is 36.3 Å². The van der Waals surface area contributed by atoms with Crippen LogP contribution < -0.4 is 9.64 Å². The fourth-order valence-corrected chi connectivity index (χ4v) is 3.84. The molecule has 2 heterocycles. The van der Waals surface area contributed by atoms with Gasteiger partial charge in [0.2, 0.25) is 0 Å². The van der Waals surface area contributed by atoms with Gasteiger partial charge in [0.15, 0.2) is 5.82 Å². The zero-order valence-corrected chi connectivity index (χ0v) is 19.1. The molecule has 0 aliphatic carbocycles. The summed E-state index contributed by atoms with van der Waals surface area (Å²) in [5, 5.41) is 15.0. The van der Waals surface area contributed by atoms with E-state index in [-0.39, 0.29) is 17.2 Å².